The fourth-order valence-corrected chi connectivity index (χ4v) is 1.90. The second kappa shape index (κ2) is 5.96. The van der Waals surface area contributed by atoms with E-state index in [2.05, 4.69) is 49.7 Å². The van der Waals surface area contributed by atoms with E-state index in [0.29, 0.717) is 6.04 Å². The summed E-state index contributed by atoms with van der Waals surface area (Å²) in [7, 11) is 0. The Labute approximate surface area is 93.7 Å². The van der Waals surface area contributed by atoms with Gasteiger partial charge in [-0.25, -0.2) is 0 Å². The Bertz CT molecular complexity index is 287. The lowest BCUT2D eigenvalue weighted by Gasteiger charge is -2.13. The summed E-state index contributed by atoms with van der Waals surface area (Å²) in [5.41, 5.74) is 2.88. The van der Waals surface area contributed by atoms with Crippen LogP contribution >= 0.6 is 0 Å². The first kappa shape index (κ1) is 12.3. The van der Waals surface area contributed by atoms with E-state index >= 15 is 0 Å². The van der Waals surface area contributed by atoms with E-state index in [9.17, 15) is 0 Å². The molecule has 0 fully saturated rings. The average Bonchev–Trinajstić information content (AvgIpc) is 2.58. The molecule has 0 amide bonds. The smallest absolute Gasteiger partial charge is 0.0361 e. The first-order chi connectivity index (χ1) is 7.19. The van der Waals surface area contributed by atoms with Gasteiger partial charge in [0.1, 0.15) is 0 Å². The first-order valence-electron chi connectivity index (χ1n) is 6.09. The molecule has 2 heteroatoms. The van der Waals surface area contributed by atoms with Crippen LogP contribution in [0.4, 0.5) is 0 Å². The summed E-state index contributed by atoms with van der Waals surface area (Å²) >= 11 is 0. The zero-order chi connectivity index (χ0) is 11.3. The molecule has 0 spiro atoms. The van der Waals surface area contributed by atoms with E-state index in [-0.39, 0.29) is 0 Å². The highest BCUT2D eigenvalue weighted by Crippen LogP contribution is 2.11. The van der Waals surface area contributed by atoms with Gasteiger partial charge in [-0.05, 0) is 25.5 Å². The van der Waals surface area contributed by atoms with Crippen LogP contribution in [0.2, 0.25) is 0 Å². The van der Waals surface area contributed by atoms with E-state index in [1.807, 2.05) is 0 Å². The standard InChI is InChI=1S/C13H24N2/c1-5-7-12-8-9-13(15(12)6-2)10-14-11(3)4/h8-9,11,14H,5-7,10H2,1-4H3. The predicted molar refractivity (Wildman–Crippen MR) is 66.1 cm³/mol. The minimum atomic E-state index is 0.555. The van der Waals surface area contributed by atoms with Gasteiger partial charge in [-0.1, -0.05) is 27.2 Å². The zero-order valence-corrected chi connectivity index (χ0v) is 10.5. The molecule has 0 aliphatic carbocycles. The van der Waals surface area contributed by atoms with Crippen molar-refractivity contribution in [3.05, 3.63) is 23.5 Å². The largest absolute Gasteiger partial charge is 0.348 e. The van der Waals surface area contributed by atoms with Gasteiger partial charge in [-0.3, -0.25) is 0 Å². The Morgan fingerprint density at radius 1 is 1.20 bits per heavy atom. The zero-order valence-electron chi connectivity index (χ0n) is 10.5. The second-order valence-electron chi connectivity index (χ2n) is 4.35. The van der Waals surface area contributed by atoms with E-state index in [1.165, 1.54) is 24.2 Å². The number of rotatable bonds is 6. The Hall–Kier alpha value is -0.760. The fraction of sp³-hybridized carbons (Fsp3) is 0.692. The molecule has 0 unspecified atom stereocenters. The Morgan fingerprint density at radius 2 is 1.87 bits per heavy atom. The first-order valence-corrected chi connectivity index (χ1v) is 6.09. The number of aryl methyl sites for hydroxylation is 1. The molecule has 0 saturated heterocycles. The van der Waals surface area contributed by atoms with Crippen molar-refractivity contribution < 1.29 is 0 Å². The number of aromatic nitrogens is 1. The molecular weight excluding hydrogens is 184 g/mol. The maximum absolute atomic E-state index is 3.47. The summed E-state index contributed by atoms with van der Waals surface area (Å²) < 4.78 is 2.43. The topological polar surface area (TPSA) is 17.0 Å². The summed E-state index contributed by atoms with van der Waals surface area (Å²) in [6.07, 6.45) is 2.41. The van der Waals surface area contributed by atoms with Gasteiger partial charge in [0.2, 0.25) is 0 Å². The van der Waals surface area contributed by atoms with Crippen LogP contribution in [-0.2, 0) is 19.5 Å². The highest BCUT2D eigenvalue weighted by molar-refractivity contribution is 5.16. The quantitative estimate of drug-likeness (QED) is 0.760. The van der Waals surface area contributed by atoms with E-state index < -0.39 is 0 Å². The third-order valence-electron chi connectivity index (χ3n) is 2.68. The lowest BCUT2D eigenvalue weighted by molar-refractivity contribution is 0.554. The highest BCUT2D eigenvalue weighted by atomic mass is 15.0. The van der Waals surface area contributed by atoms with Crippen LogP contribution in [0, 0.1) is 0 Å². The molecule has 1 aromatic rings. The van der Waals surface area contributed by atoms with Gasteiger partial charge in [0.15, 0.2) is 0 Å². The number of hydrogen-bond donors (Lipinski definition) is 1. The summed E-state index contributed by atoms with van der Waals surface area (Å²) in [5, 5.41) is 3.47. The summed E-state index contributed by atoms with van der Waals surface area (Å²) in [4.78, 5) is 0. The monoisotopic (exact) mass is 208 g/mol. The minimum absolute atomic E-state index is 0.555. The van der Waals surface area contributed by atoms with Crippen molar-refractivity contribution in [2.24, 2.45) is 0 Å². The van der Waals surface area contributed by atoms with E-state index in [1.54, 1.807) is 0 Å². The van der Waals surface area contributed by atoms with Crippen molar-refractivity contribution in [2.75, 3.05) is 0 Å². The van der Waals surface area contributed by atoms with Crippen molar-refractivity contribution >= 4 is 0 Å². The molecule has 0 aromatic carbocycles. The molecular formula is C13H24N2. The fourth-order valence-electron chi connectivity index (χ4n) is 1.90. The summed E-state index contributed by atoms with van der Waals surface area (Å²) in [6, 6.07) is 5.08. The van der Waals surface area contributed by atoms with Crippen molar-refractivity contribution in [1.29, 1.82) is 0 Å². The van der Waals surface area contributed by atoms with Gasteiger partial charge in [0.25, 0.3) is 0 Å². The van der Waals surface area contributed by atoms with Crippen LogP contribution in [-0.4, -0.2) is 10.6 Å². The van der Waals surface area contributed by atoms with Crippen LogP contribution in [0.5, 0.6) is 0 Å². The molecule has 1 aromatic heterocycles. The van der Waals surface area contributed by atoms with Crippen LogP contribution in [0.15, 0.2) is 12.1 Å². The van der Waals surface area contributed by atoms with Crippen molar-refractivity contribution in [3.63, 3.8) is 0 Å². The Kier molecular flexibility index (Phi) is 4.89. The van der Waals surface area contributed by atoms with Crippen molar-refractivity contribution in [3.8, 4) is 0 Å². The summed E-state index contributed by atoms with van der Waals surface area (Å²) in [6.45, 7) is 10.9. The summed E-state index contributed by atoms with van der Waals surface area (Å²) in [5.74, 6) is 0. The molecule has 0 atom stereocenters. The predicted octanol–water partition coefficient (Wildman–Crippen LogP) is 2.96. The van der Waals surface area contributed by atoms with E-state index in [4.69, 9.17) is 0 Å². The van der Waals surface area contributed by atoms with Crippen LogP contribution in [0.3, 0.4) is 0 Å². The third-order valence-corrected chi connectivity index (χ3v) is 2.68. The lowest BCUT2D eigenvalue weighted by Crippen LogP contribution is -2.23. The van der Waals surface area contributed by atoms with Crippen LogP contribution in [0.25, 0.3) is 0 Å². The number of hydrogen-bond acceptors (Lipinski definition) is 1. The van der Waals surface area contributed by atoms with Gasteiger partial charge >= 0.3 is 0 Å². The molecule has 0 bridgehead atoms. The van der Waals surface area contributed by atoms with Gasteiger partial charge < -0.3 is 9.88 Å². The molecule has 1 heterocycles. The maximum Gasteiger partial charge on any atom is 0.0361 e. The number of nitrogens with zero attached hydrogens (tertiary/aromatic N) is 1. The lowest BCUT2D eigenvalue weighted by atomic mass is 10.2. The average molecular weight is 208 g/mol. The molecule has 86 valence electrons. The molecule has 0 aliphatic rings. The van der Waals surface area contributed by atoms with Crippen LogP contribution in [0.1, 0.15) is 45.5 Å². The van der Waals surface area contributed by atoms with Crippen molar-refractivity contribution in [1.82, 2.24) is 9.88 Å². The van der Waals surface area contributed by atoms with Gasteiger partial charge in [0.05, 0.1) is 0 Å². The normalized spacial score (nSPS) is 11.3. The van der Waals surface area contributed by atoms with Crippen molar-refractivity contribution in [2.45, 2.75) is 59.7 Å². The molecule has 2 nitrogen and oxygen atoms in total. The van der Waals surface area contributed by atoms with Gasteiger partial charge in [-0.2, -0.15) is 0 Å². The molecule has 0 aliphatic heterocycles. The number of nitrogens with one attached hydrogen (secondary N) is 1. The Morgan fingerprint density at radius 3 is 2.40 bits per heavy atom. The molecule has 1 N–H and O–H groups in total. The molecule has 0 saturated carbocycles. The minimum Gasteiger partial charge on any atom is -0.348 e. The van der Waals surface area contributed by atoms with E-state index in [0.717, 1.165) is 13.1 Å². The van der Waals surface area contributed by atoms with Gasteiger partial charge in [0, 0.05) is 30.5 Å². The maximum atomic E-state index is 3.47. The van der Waals surface area contributed by atoms with Crippen LogP contribution < -0.4 is 5.32 Å². The molecule has 0 radical (unpaired) electrons. The third kappa shape index (κ3) is 3.38. The highest BCUT2D eigenvalue weighted by Gasteiger charge is 2.05. The molecule has 1 rings (SSSR count). The second-order valence-corrected chi connectivity index (χ2v) is 4.35. The molecule has 15 heavy (non-hydrogen) atoms. The Balaban J connectivity index is 2.70. The van der Waals surface area contributed by atoms with Gasteiger partial charge in [-0.15, -0.1) is 0 Å². The SMILES string of the molecule is CCCc1ccc(CNC(C)C)n1CC.